The van der Waals surface area contributed by atoms with Gasteiger partial charge < -0.3 is 60.4 Å². The number of unbranched alkanes of at least 4 members (excludes halogenated alkanes) is 9. The van der Waals surface area contributed by atoms with E-state index >= 15 is 0 Å². The van der Waals surface area contributed by atoms with Crippen molar-refractivity contribution in [3.8, 4) is 0 Å². The summed E-state index contributed by atoms with van der Waals surface area (Å²) in [6.07, 6.45) is 2.20. The van der Waals surface area contributed by atoms with Crippen LogP contribution in [0.4, 0.5) is 0 Å². The molecule has 0 radical (unpaired) electrons. The first-order valence-corrected chi connectivity index (χ1v) is 15.8. The Labute approximate surface area is 254 Å². The van der Waals surface area contributed by atoms with Gasteiger partial charge >= 0.3 is 0 Å². The van der Waals surface area contributed by atoms with Gasteiger partial charge in [-0.25, -0.2) is 0 Å². The monoisotopic (exact) mass is 621 g/mol. The average Bonchev–Trinajstić information content (AvgIpc) is 2.98. The van der Waals surface area contributed by atoms with Gasteiger partial charge in [-0.2, -0.15) is 0 Å². The summed E-state index contributed by atoms with van der Waals surface area (Å²) in [7, 11) is 0. The second-order valence-electron chi connectivity index (χ2n) is 11.7. The molecule has 43 heavy (non-hydrogen) atoms. The van der Waals surface area contributed by atoms with E-state index in [1.54, 1.807) is 0 Å². The Morgan fingerprint density at radius 1 is 0.721 bits per heavy atom. The van der Waals surface area contributed by atoms with E-state index in [0.29, 0.717) is 12.8 Å². The van der Waals surface area contributed by atoms with Gasteiger partial charge in [-0.3, -0.25) is 4.79 Å². The van der Waals surface area contributed by atoms with Crippen LogP contribution in [0.1, 0.15) is 90.4 Å². The van der Waals surface area contributed by atoms with Crippen LogP contribution in [0.5, 0.6) is 0 Å². The van der Waals surface area contributed by atoms with Crippen molar-refractivity contribution in [3.05, 3.63) is 12.2 Å². The van der Waals surface area contributed by atoms with Crippen LogP contribution in [-0.4, -0.2) is 122 Å². The molecule has 0 aromatic heterocycles. The van der Waals surface area contributed by atoms with E-state index < -0.39 is 74.6 Å². The minimum Gasteiger partial charge on any atom is -0.394 e. The summed E-state index contributed by atoms with van der Waals surface area (Å²) in [6, 6.07) is 0. The number of nitrogens with two attached hydrogens (primary N) is 1. The van der Waals surface area contributed by atoms with Crippen molar-refractivity contribution >= 4 is 5.91 Å². The quantitative estimate of drug-likeness (QED) is 0.0633. The molecule has 2 heterocycles. The first-order chi connectivity index (χ1) is 20.6. The average molecular weight is 622 g/mol. The Kier molecular flexibility index (Phi) is 18.3. The van der Waals surface area contributed by atoms with Gasteiger partial charge in [0.05, 0.1) is 19.3 Å². The predicted molar refractivity (Wildman–Crippen MR) is 155 cm³/mol. The maximum Gasteiger partial charge on any atom is 0.217 e. The predicted octanol–water partition coefficient (Wildman–Crippen LogP) is 0.128. The molecule has 11 unspecified atom stereocenters. The van der Waals surface area contributed by atoms with Crippen molar-refractivity contribution in [2.24, 2.45) is 5.73 Å². The molecular formula is C30H55NO12. The molecule has 0 bridgehead atoms. The normalized spacial score (nSPS) is 34.0. The van der Waals surface area contributed by atoms with Crippen LogP contribution in [0.25, 0.3) is 0 Å². The fourth-order valence-corrected chi connectivity index (χ4v) is 5.32. The van der Waals surface area contributed by atoms with Crippen LogP contribution in [0.15, 0.2) is 12.2 Å². The van der Waals surface area contributed by atoms with Crippen molar-refractivity contribution < 1.29 is 59.5 Å². The van der Waals surface area contributed by atoms with Crippen molar-refractivity contribution in [3.63, 3.8) is 0 Å². The fraction of sp³-hybridized carbons (Fsp3) is 0.900. The maximum atomic E-state index is 10.7. The molecule has 0 saturated carbocycles. The zero-order valence-corrected chi connectivity index (χ0v) is 25.4. The molecule has 0 spiro atoms. The van der Waals surface area contributed by atoms with Crippen LogP contribution in [-0.2, 0) is 23.7 Å². The molecule has 2 aliphatic rings. The minimum absolute atomic E-state index is 0.227. The molecule has 2 rings (SSSR count). The molecule has 2 saturated heterocycles. The lowest BCUT2D eigenvalue weighted by Gasteiger charge is -2.46. The Hall–Kier alpha value is -1.23. The van der Waals surface area contributed by atoms with E-state index in [-0.39, 0.29) is 12.0 Å². The second kappa shape index (κ2) is 20.7. The minimum atomic E-state index is -1.71. The van der Waals surface area contributed by atoms with Crippen molar-refractivity contribution in [1.29, 1.82) is 0 Å². The van der Waals surface area contributed by atoms with Crippen LogP contribution >= 0.6 is 0 Å². The van der Waals surface area contributed by atoms with Crippen LogP contribution in [0, 0.1) is 0 Å². The zero-order valence-electron chi connectivity index (χ0n) is 25.4. The molecule has 2 fully saturated rings. The standard InChI is InChI=1S/C30H55NO12/c1-19(15-13-11-9-7-5-3-2-4-6-8-10-12-14-16-22(31)34)40-30-28(26(38)24(36)21(18-33)42-30)43-29-27(39)25(37)23(35)20(17-32)41-29/h2-3,19-21,23-30,32-33,35-39H,4-18H2,1H3,(H2,31,34)/b3-2-. The number of hydrogen-bond donors (Lipinski definition) is 8. The zero-order chi connectivity index (χ0) is 31.8. The summed E-state index contributed by atoms with van der Waals surface area (Å²) < 4.78 is 22.8. The van der Waals surface area contributed by atoms with E-state index in [1.165, 1.54) is 0 Å². The Morgan fingerprint density at radius 3 is 1.81 bits per heavy atom. The summed E-state index contributed by atoms with van der Waals surface area (Å²) in [5, 5.41) is 70.6. The third-order valence-electron chi connectivity index (χ3n) is 8.02. The van der Waals surface area contributed by atoms with Crippen molar-refractivity contribution in [2.45, 2.75) is 158 Å². The molecule has 0 aliphatic carbocycles. The maximum absolute atomic E-state index is 10.7. The highest BCUT2D eigenvalue weighted by Gasteiger charge is 2.51. The number of ether oxygens (including phenoxy) is 4. The number of amides is 1. The molecule has 13 nitrogen and oxygen atoms in total. The molecule has 2 aliphatic heterocycles. The van der Waals surface area contributed by atoms with Gasteiger partial charge in [0.15, 0.2) is 12.6 Å². The van der Waals surface area contributed by atoms with Gasteiger partial charge in [0.2, 0.25) is 5.91 Å². The van der Waals surface area contributed by atoms with Gasteiger partial charge in [0, 0.05) is 6.42 Å². The summed E-state index contributed by atoms with van der Waals surface area (Å²) in [5.41, 5.74) is 5.14. The third kappa shape index (κ3) is 13.0. The molecule has 9 N–H and O–H groups in total. The highest BCUT2D eigenvalue weighted by Crippen LogP contribution is 2.30. The lowest BCUT2D eigenvalue weighted by Crippen LogP contribution is -2.64. The third-order valence-corrected chi connectivity index (χ3v) is 8.02. The molecular weight excluding hydrogens is 566 g/mol. The highest BCUT2D eigenvalue weighted by molar-refractivity contribution is 5.73. The molecule has 13 heteroatoms. The molecule has 0 aromatic carbocycles. The Bertz CT molecular complexity index is 786. The van der Waals surface area contributed by atoms with Gasteiger partial charge in [0.1, 0.15) is 48.8 Å². The number of allylic oxidation sites excluding steroid dienone is 2. The van der Waals surface area contributed by atoms with Crippen LogP contribution < -0.4 is 5.73 Å². The summed E-state index contributed by atoms with van der Waals surface area (Å²) in [4.78, 5) is 10.7. The first-order valence-electron chi connectivity index (χ1n) is 15.8. The SMILES string of the molecule is CC(CCCCCC/C=C\CCCCCCCC(N)=O)OC1OC(CO)C(O)C(O)C1OC1OC(CO)C(O)C(O)C1O. The largest absolute Gasteiger partial charge is 0.394 e. The van der Waals surface area contributed by atoms with Gasteiger partial charge in [-0.1, -0.05) is 50.7 Å². The topological polar surface area (TPSA) is 222 Å². The fourth-order valence-electron chi connectivity index (χ4n) is 5.32. The smallest absolute Gasteiger partial charge is 0.217 e. The highest BCUT2D eigenvalue weighted by atomic mass is 16.8. The van der Waals surface area contributed by atoms with Crippen molar-refractivity contribution in [1.82, 2.24) is 0 Å². The second-order valence-corrected chi connectivity index (χ2v) is 11.7. The molecule has 252 valence electrons. The number of primary amides is 1. The Morgan fingerprint density at radius 2 is 1.23 bits per heavy atom. The lowest BCUT2D eigenvalue weighted by atomic mass is 9.97. The number of rotatable bonds is 21. The molecule has 11 atom stereocenters. The van der Waals surface area contributed by atoms with Crippen molar-refractivity contribution in [2.75, 3.05) is 13.2 Å². The van der Waals surface area contributed by atoms with E-state index in [1.807, 2.05) is 6.92 Å². The number of carbonyl (C=O) groups excluding carboxylic acids is 1. The van der Waals surface area contributed by atoms with E-state index in [0.717, 1.165) is 70.6 Å². The summed E-state index contributed by atoms with van der Waals surface area (Å²) in [5.74, 6) is -0.227. The van der Waals surface area contributed by atoms with E-state index in [4.69, 9.17) is 24.7 Å². The number of carbonyl (C=O) groups is 1. The number of aliphatic hydroxyl groups excluding tert-OH is 7. The van der Waals surface area contributed by atoms with Crippen LogP contribution in [0.2, 0.25) is 0 Å². The van der Waals surface area contributed by atoms with E-state index in [2.05, 4.69) is 12.2 Å². The lowest BCUT2D eigenvalue weighted by molar-refractivity contribution is -0.371. The van der Waals surface area contributed by atoms with Gasteiger partial charge in [-0.05, 0) is 45.4 Å². The molecule has 1 amide bonds. The Balaban J connectivity index is 1.71. The number of aliphatic hydroxyl groups is 7. The van der Waals surface area contributed by atoms with Gasteiger partial charge in [0.25, 0.3) is 0 Å². The molecule has 0 aromatic rings. The first kappa shape index (κ1) is 38.0. The number of hydrogen-bond acceptors (Lipinski definition) is 12. The van der Waals surface area contributed by atoms with Gasteiger partial charge in [-0.15, -0.1) is 0 Å². The van der Waals surface area contributed by atoms with Crippen LogP contribution in [0.3, 0.4) is 0 Å². The summed E-state index contributed by atoms with van der Waals surface area (Å²) >= 11 is 0. The van der Waals surface area contributed by atoms with E-state index in [9.17, 15) is 40.5 Å². The summed E-state index contributed by atoms with van der Waals surface area (Å²) in [6.45, 7) is 0.602.